The maximum absolute atomic E-state index is 10.8. The zero-order valence-electron chi connectivity index (χ0n) is 6.65. The number of furan rings is 1. The number of carbonyl (C=O) groups is 2. The van der Waals surface area contributed by atoms with Crippen LogP contribution in [-0.4, -0.2) is 12.0 Å². The van der Waals surface area contributed by atoms with Gasteiger partial charge in [-0.25, -0.2) is 4.79 Å². The van der Waals surface area contributed by atoms with Gasteiger partial charge in [0.2, 0.25) is 0 Å². The van der Waals surface area contributed by atoms with Crippen molar-refractivity contribution in [3.8, 4) is 5.75 Å². The number of hydrogen-bond donors (Lipinski definition) is 1. The zero-order valence-corrected chi connectivity index (χ0v) is 6.65. The van der Waals surface area contributed by atoms with E-state index in [0.717, 1.165) is 6.08 Å². The monoisotopic (exact) mass is 181 g/mol. The molecule has 5 nitrogen and oxygen atoms in total. The summed E-state index contributed by atoms with van der Waals surface area (Å²) in [4.78, 5) is 21.4. The minimum Gasteiger partial charge on any atom is -0.469 e. The molecule has 0 atom stereocenters. The van der Waals surface area contributed by atoms with Gasteiger partial charge in [-0.15, -0.1) is 0 Å². The van der Waals surface area contributed by atoms with Crippen molar-refractivity contribution in [2.75, 3.05) is 0 Å². The molecular formula is C8H7NO4. The van der Waals surface area contributed by atoms with Gasteiger partial charge in [0, 0.05) is 6.07 Å². The van der Waals surface area contributed by atoms with E-state index in [9.17, 15) is 9.59 Å². The maximum atomic E-state index is 10.8. The Morgan fingerprint density at radius 3 is 2.92 bits per heavy atom. The fourth-order valence-corrected chi connectivity index (χ4v) is 0.594. The SMILES string of the molecule is C=CC(=O)NC(=O)Oc1ccoc1. The first-order valence-corrected chi connectivity index (χ1v) is 3.40. The molecule has 1 rings (SSSR count). The third-order valence-corrected chi connectivity index (χ3v) is 1.12. The van der Waals surface area contributed by atoms with Gasteiger partial charge < -0.3 is 9.15 Å². The first kappa shape index (κ1) is 9.05. The molecule has 5 heteroatoms. The van der Waals surface area contributed by atoms with Crippen molar-refractivity contribution >= 4 is 12.0 Å². The third kappa shape index (κ3) is 2.82. The zero-order chi connectivity index (χ0) is 9.68. The highest BCUT2D eigenvalue weighted by molar-refractivity contribution is 5.98. The molecule has 0 aliphatic heterocycles. The lowest BCUT2D eigenvalue weighted by Gasteiger charge is -1.99. The van der Waals surface area contributed by atoms with Crippen LogP contribution in [0.4, 0.5) is 4.79 Å². The summed E-state index contributed by atoms with van der Waals surface area (Å²) in [7, 11) is 0. The van der Waals surface area contributed by atoms with Gasteiger partial charge in [0.05, 0.1) is 6.26 Å². The molecule has 68 valence electrons. The highest BCUT2D eigenvalue weighted by Crippen LogP contribution is 2.09. The first-order valence-electron chi connectivity index (χ1n) is 3.40. The second-order valence-electron chi connectivity index (χ2n) is 2.04. The van der Waals surface area contributed by atoms with Gasteiger partial charge in [0.1, 0.15) is 6.26 Å². The molecule has 13 heavy (non-hydrogen) atoms. The van der Waals surface area contributed by atoms with Crippen LogP contribution in [0.15, 0.2) is 35.7 Å². The van der Waals surface area contributed by atoms with Crippen molar-refractivity contribution in [2.24, 2.45) is 0 Å². The van der Waals surface area contributed by atoms with Crippen LogP contribution in [0.5, 0.6) is 5.75 Å². The van der Waals surface area contributed by atoms with Crippen molar-refractivity contribution in [2.45, 2.75) is 0 Å². The number of nitrogens with one attached hydrogen (secondary N) is 1. The van der Waals surface area contributed by atoms with E-state index in [1.54, 1.807) is 0 Å². The summed E-state index contributed by atoms with van der Waals surface area (Å²) in [6.07, 6.45) is 2.68. The summed E-state index contributed by atoms with van der Waals surface area (Å²) in [6, 6.07) is 1.44. The van der Waals surface area contributed by atoms with E-state index in [4.69, 9.17) is 0 Å². The smallest absolute Gasteiger partial charge is 0.419 e. The molecule has 0 aliphatic rings. The summed E-state index contributed by atoms with van der Waals surface area (Å²) in [5.41, 5.74) is 0. The quantitative estimate of drug-likeness (QED) is 0.693. The van der Waals surface area contributed by atoms with Gasteiger partial charge in [-0.3, -0.25) is 10.1 Å². The van der Waals surface area contributed by atoms with Crippen LogP contribution < -0.4 is 10.1 Å². The van der Waals surface area contributed by atoms with Crippen LogP contribution in [0.2, 0.25) is 0 Å². The molecule has 0 saturated heterocycles. The Morgan fingerprint density at radius 1 is 1.62 bits per heavy atom. The minimum atomic E-state index is -0.869. The number of imide groups is 1. The average molecular weight is 181 g/mol. The van der Waals surface area contributed by atoms with Gasteiger partial charge in [0.25, 0.3) is 5.91 Å². The van der Waals surface area contributed by atoms with Crippen LogP contribution >= 0.6 is 0 Å². The molecule has 0 bridgehead atoms. The van der Waals surface area contributed by atoms with Gasteiger partial charge >= 0.3 is 6.09 Å². The number of carbonyl (C=O) groups excluding carboxylic acids is 2. The Balaban J connectivity index is 2.42. The molecular weight excluding hydrogens is 174 g/mol. The summed E-state index contributed by atoms with van der Waals surface area (Å²) < 4.78 is 9.25. The van der Waals surface area contributed by atoms with Crippen molar-refractivity contribution in [3.63, 3.8) is 0 Å². The molecule has 0 saturated carbocycles. The van der Waals surface area contributed by atoms with Gasteiger partial charge in [-0.1, -0.05) is 6.58 Å². The first-order chi connectivity index (χ1) is 6.22. The fourth-order valence-electron chi connectivity index (χ4n) is 0.594. The number of amides is 2. The van der Waals surface area contributed by atoms with Crippen LogP contribution in [0.1, 0.15) is 0 Å². The Labute approximate surface area is 74.0 Å². The standard InChI is InChI=1S/C8H7NO4/c1-2-7(10)9-8(11)13-6-3-4-12-5-6/h2-5H,1H2,(H,9,10,11). The second-order valence-corrected chi connectivity index (χ2v) is 2.04. The maximum Gasteiger partial charge on any atom is 0.419 e. The fraction of sp³-hybridized carbons (Fsp3) is 0. The van der Waals surface area contributed by atoms with E-state index >= 15 is 0 Å². The molecule has 0 aliphatic carbocycles. The predicted octanol–water partition coefficient (Wildman–Crippen LogP) is 1.08. The lowest BCUT2D eigenvalue weighted by molar-refractivity contribution is -0.115. The summed E-state index contributed by atoms with van der Waals surface area (Å²) in [6.45, 7) is 3.17. The average Bonchev–Trinajstić information content (AvgIpc) is 2.56. The molecule has 0 fully saturated rings. The topological polar surface area (TPSA) is 68.5 Å². The molecule has 1 aromatic heterocycles. The molecule has 0 radical (unpaired) electrons. The van der Waals surface area contributed by atoms with E-state index in [1.165, 1.54) is 18.6 Å². The normalized spacial score (nSPS) is 8.92. The minimum absolute atomic E-state index is 0.231. The van der Waals surface area contributed by atoms with Crippen molar-refractivity contribution in [3.05, 3.63) is 31.2 Å². The lowest BCUT2D eigenvalue weighted by Crippen LogP contribution is -2.31. The van der Waals surface area contributed by atoms with E-state index in [2.05, 4.69) is 15.7 Å². The molecule has 0 spiro atoms. The Hall–Kier alpha value is -2.04. The Morgan fingerprint density at radius 2 is 2.38 bits per heavy atom. The summed E-state index contributed by atoms with van der Waals surface area (Å²) >= 11 is 0. The van der Waals surface area contributed by atoms with Crippen molar-refractivity contribution in [1.29, 1.82) is 0 Å². The summed E-state index contributed by atoms with van der Waals surface area (Å²) in [5.74, 6) is -0.386. The Bertz CT molecular complexity index is 315. The van der Waals surface area contributed by atoms with Crippen molar-refractivity contribution in [1.82, 2.24) is 5.32 Å². The molecule has 2 amide bonds. The predicted molar refractivity (Wildman–Crippen MR) is 43.1 cm³/mol. The number of hydrogen-bond acceptors (Lipinski definition) is 4. The lowest BCUT2D eigenvalue weighted by atomic mass is 10.6. The molecule has 1 heterocycles. The van der Waals surface area contributed by atoms with Crippen LogP contribution in [0.3, 0.4) is 0 Å². The second kappa shape index (κ2) is 4.10. The van der Waals surface area contributed by atoms with Crippen LogP contribution in [-0.2, 0) is 4.79 Å². The van der Waals surface area contributed by atoms with E-state index < -0.39 is 12.0 Å². The molecule has 0 unspecified atom stereocenters. The number of ether oxygens (including phenoxy) is 1. The largest absolute Gasteiger partial charge is 0.469 e. The Kier molecular flexibility index (Phi) is 2.86. The van der Waals surface area contributed by atoms with Gasteiger partial charge in [0.15, 0.2) is 5.75 Å². The van der Waals surface area contributed by atoms with E-state index in [-0.39, 0.29) is 5.75 Å². The van der Waals surface area contributed by atoms with E-state index in [1.807, 2.05) is 5.32 Å². The summed E-state index contributed by atoms with van der Waals surface area (Å²) in [5, 5.41) is 1.91. The van der Waals surface area contributed by atoms with Gasteiger partial charge in [-0.2, -0.15) is 0 Å². The van der Waals surface area contributed by atoms with Crippen molar-refractivity contribution < 1.29 is 18.7 Å². The molecule has 0 aromatic carbocycles. The van der Waals surface area contributed by atoms with Crippen LogP contribution in [0.25, 0.3) is 0 Å². The van der Waals surface area contributed by atoms with Crippen LogP contribution in [0, 0.1) is 0 Å². The highest BCUT2D eigenvalue weighted by Gasteiger charge is 2.06. The molecule has 1 N–H and O–H groups in total. The molecule has 1 aromatic rings. The van der Waals surface area contributed by atoms with E-state index in [0.29, 0.717) is 0 Å². The van der Waals surface area contributed by atoms with Gasteiger partial charge in [-0.05, 0) is 6.08 Å². The highest BCUT2D eigenvalue weighted by atomic mass is 16.6. The number of rotatable bonds is 2. The third-order valence-electron chi connectivity index (χ3n) is 1.12.